The Balaban J connectivity index is 1.99. The maximum atomic E-state index is 11.6. The number of nitrogens with one attached hydrogen (secondary N) is 1. The lowest BCUT2D eigenvalue weighted by molar-refractivity contribution is -0.124. The highest BCUT2D eigenvalue weighted by molar-refractivity contribution is 5.78. The second-order valence-corrected chi connectivity index (χ2v) is 6.15. The summed E-state index contributed by atoms with van der Waals surface area (Å²) in [6, 6.07) is 8.15. The second-order valence-electron chi connectivity index (χ2n) is 6.15. The first-order valence-corrected chi connectivity index (χ1v) is 8.96. The van der Waals surface area contributed by atoms with Gasteiger partial charge in [-0.3, -0.25) is 4.79 Å². The van der Waals surface area contributed by atoms with Crippen LogP contribution in [-0.2, 0) is 22.6 Å². The van der Waals surface area contributed by atoms with Crippen LogP contribution in [0, 0.1) is 0 Å². The highest BCUT2D eigenvalue weighted by Gasteiger charge is 2.11. The molecule has 5 heteroatoms. The number of carbonyl (C=O) groups is 1. The van der Waals surface area contributed by atoms with Crippen LogP contribution in [0.3, 0.4) is 0 Å². The van der Waals surface area contributed by atoms with Crippen LogP contribution in [0.4, 0.5) is 0 Å². The van der Waals surface area contributed by atoms with Crippen LogP contribution in [0.15, 0.2) is 24.3 Å². The molecule has 0 aliphatic rings. The molecule has 0 atom stereocenters. The topological polar surface area (TPSA) is 56.2 Å². The minimum absolute atomic E-state index is 0.0810. The largest absolute Gasteiger partial charge is 0.375 e. The predicted molar refractivity (Wildman–Crippen MR) is 96.8 cm³/mol. The lowest BCUT2D eigenvalue weighted by atomic mass is 10.1. The third-order valence-corrected chi connectivity index (χ3v) is 4.19. The van der Waals surface area contributed by atoms with E-state index < -0.39 is 0 Å². The van der Waals surface area contributed by atoms with Crippen molar-refractivity contribution in [3.05, 3.63) is 30.1 Å². The Kier molecular flexibility index (Phi) is 7.75. The Bertz CT molecular complexity index is 637. The fourth-order valence-corrected chi connectivity index (χ4v) is 2.92. The van der Waals surface area contributed by atoms with Crippen molar-refractivity contribution in [2.45, 2.75) is 58.5 Å². The van der Waals surface area contributed by atoms with E-state index in [1.54, 1.807) is 0 Å². The molecule has 2 aromatic rings. The lowest BCUT2D eigenvalue weighted by Crippen LogP contribution is -2.28. The van der Waals surface area contributed by atoms with E-state index >= 15 is 0 Å². The van der Waals surface area contributed by atoms with E-state index in [2.05, 4.69) is 27.9 Å². The number of nitrogens with zero attached hydrogens (tertiary/aromatic N) is 2. The Labute approximate surface area is 144 Å². The van der Waals surface area contributed by atoms with Gasteiger partial charge in [-0.1, -0.05) is 51.2 Å². The Morgan fingerprint density at radius 2 is 1.92 bits per heavy atom. The molecular weight excluding hydrogens is 302 g/mol. The fourth-order valence-electron chi connectivity index (χ4n) is 2.92. The molecular formula is C19H29N3O2. The molecule has 1 N–H and O–H groups in total. The molecule has 5 nitrogen and oxygen atoms in total. The number of imidazole rings is 1. The molecule has 1 heterocycles. The van der Waals surface area contributed by atoms with Gasteiger partial charge < -0.3 is 14.6 Å². The van der Waals surface area contributed by atoms with Gasteiger partial charge in [0, 0.05) is 13.7 Å². The van der Waals surface area contributed by atoms with E-state index in [4.69, 9.17) is 4.74 Å². The molecule has 132 valence electrons. The maximum absolute atomic E-state index is 11.6. The number of hydrogen-bond donors (Lipinski definition) is 1. The average molecular weight is 331 g/mol. The van der Waals surface area contributed by atoms with Gasteiger partial charge in [-0.2, -0.15) is 0 Å². The second kappa shape index (κ2) is 10.1. The molecule has 0 unspecified atom stereocenters. The molecule has 1 amide bonds. The number of aryl methyl sites for hydroxylation is 1. The molecule has 1 aromatic carbocycles. The molecule has 0 aliphatic heterocycles. The SMILES string of the molecule is CCCCCCCCn1c(CNC(=O)COC)nc2ccccc21. The Morgan fingerprint density at radius 3 is 2.71 bits per heavy atom. The number of fused-ring (bicyclic) bond motifs is 1. The van der Waals surface area contributed by atoms with Crippen LogP contribution in [-0.4, -0.2) is 29.2 Å². The number of aromatic nitrogens is 2. The van der Waals surface area contributed by atoms with Crippen LogP contribution >= 0.6 is 0 Å². The van der Waals surface area contributed by atoms with Crippen molar-refractivity contribution in [1.82, 2.24) is 14.9 Å². The number of rotatable bonds is 11. The predicted octanol–water partition coefficient (Wildman–Crippen LogP) is 3.66. The Morgan fingerprint density at radius 1 is 1.17 bits per heavy atom. The van der Waals surface area contributed by atoms with Crippen molar-refractivity contribution < 1.29 is 9.53 Å². The highest BCUT2D eigenvalue weighted by atomic mass is 16.5. The minimum Gasteiger partial charge on any atom is -0.375 e. The quantitative estimate of drug-likeness (QED) is 0.639. The number of benzene rings is 1. The average Bonchev–Trinajstić information content (AvgIpc) is 2.94. The summed E-state index contributed by atoms with van der Waals surface area (Å²) in [5.74, 6) is 0.796. The van der Waals surface area contributed by atoms with Crippen LogP contribution < -0.4 is 5.32 Å². The summed E-state index contributed by atoms with van der Waals surface area (Å²) in [5.41, 5.74) is 2.13. The monoisotopic (exact) mass is 331 g/mol. The van der Waals surface area contributed by atoms with Crippen molar-refractivity contribution in [3.8, 4) is 0 Å². The van der Waals surface area contributed by atoms with Crippen LogP contribution in [0.25, 0.3) is 11.0 Å². The summed E-state index contributed by atoms with van der Waals surface area (Å²) in [7, 11) is 1.52. The summed E-state index contributed by atoms with van der Waals surface area (Å²) < 4.78 is 7.09. The zero-order valence-electron chi connectivity index (χ0n) is 14.9. The number of carbonyl (C=O) groups excluding carboxylic acids is 1. The zero-order chi connectivity index (χ0) is 17.2. The van der Waals surface area contributed by atoms with Crippen molar-refractivity contribution in [2.75, 3.05) is 13.7 Å². The van der Waals surface area contributed by atoms with Gasteiger partial charge in [0.15, 0.2) is 0 Å². The number of hydrogen-bond acceptors (Lipinski definition) is 3. The lowest BCUT2D eigenvalue weighted by Gasteiger charge is -2.10. The van der Waals surface area contributed by atoms with E-state index in [1.807, 2.05) is 18.2 Å². The number of para-hydroxylation sites is 2. The molecule has 24 heavy (non-hydrogen) atoms. The number of ether oxygens (including phenoxy) is 1. The number of amides is 1. The molecule has 1 aromatic heterocycles. The van der Waals surface area contributed by atoms with Gasteiger partial charge in [0.2, 0.25) is 5.91 Å². The number of unbranched alkanes of at least 4 members (excludes halogenated alkanes) is 5. The molecule has 0 bridgehead atoms. The minimum atomic E-state index is -0.115. The normalized spacial score (nSPS) is 11.1. The molecule has 0 saturated heterocycles. The van der Waals surface area contributed by atoms with E-state index in [0.29, 0.717) is 6.54 Å². The van der Waals surface area contributed by atoms with Gasteiger partial charge in [-0.05, 0) is 18.6 Å². The summed E-state index contributed by atoms with van der Waals surface area (Å²) in [5, 5.41) is 2.87. The van der Waals surface area contributed by atoms with E-state index in [-0.39, 0.29) is 12.5 Å². The van der Waals surface area contributed by atoms with E-state index in [0.717, 1.165) is 29.8 Å². The van der Waals surface area contributed by atoms with Gasteiger partial charge in [0.25, 0.3) is 0 Å². The summed E-state index contributed by atoms with van der Waals surface area (Å²) >= 11 is 0. The van der Waals surface area contributed by atoms with Gasteiger partial charge in [0.1, 0.15) is 12.4 Å². The molecule has 0 radical (unpaired) electrons. The van der Waals surface area contributed by atoms with Gasteiger partial charge in [-0.15, -0.1) is 0 Å². The molecule has 0 fully saturated rings. The molecule has 2 rings (SSSR count). The summed E-state index contributed by atoms with van der Waals surface area (Å²) in [6.45, 7) is 3.70. The standard InChI is InChI=1S/C19H29N3O2/c1-3-4-5-6-7-10-13-22-17-12-9-8-11-16(17)21-18(22)14-20-19(23)15-24-2/h8-9,11-12H,3-7,10,13-15H2,1-2H3,(H,20,23). The first-order chi connectivity index (χ1) is 11.8. The van der Waals surface area contributed by atoms with Crippen LogP contribution in [0.2, 0.25) is 0 Å². The highest BCUT2D eigenvalue weighted by Crippen LogP contribution is 2.17. The third-order valence-electron chi connectivity index (χ3n) is 4.19. The van der Waals surface area contributed by atoms with Gasteiger partial charge in [0.05, 0.1) is 17.6 Å². The van der Waals surface area contributed by atoms with Crippen molar-refractivity contribution in [1.29, 1.82) is 0 Å². The first-order valence-electron chi connectivity index (χ1n) is 8.96. The summed E-state index contributed by atoms with van der Waals surface area (Å²) in [4.78, 5) is 16.3. The fraction of sp³-hybridized carbons (Fsp3) is 0.579. The maximum Gasteiger partial charge on any atom is 0.246 e. The van der Waals surface area contributed by atoms with E-state index in [9.17, 15) is 4.79 Å². The number of methoxy groups -OCH3 is 1. The molecule has 0 aliphatic carbocycles. The smallest absolute Gasteiger partial charge is 0.246 e. The van der Waals surface area contributed by atoms with Crippen molar-refractivity contribution in [3.63, 3.8) is 0 Å². The van der Waals surface area contributed by atoms with Crippen LogP contribution in [0.1, 0.15) is 51.3 Å². The zero-order valence-corrected chi connectivity index (χ0v) is 14.9. The summed E-state index contributed by atoms with van der Waals surface area (Å²) in [6.07, 6.45) is 7.59. The molecule has 0 spiro atoms. The Hall–Kier alpha value is -1.88. The third kappa shape index (κ3) is 5.34. The first kappa shape index (κ1) is 18.5. The van der Waals surface area contributed by atoms with E-state index in [1.165, 1.54) is 39.2 Å². The van der Waals surface area contributed by atoms with Crippen molar-refractivity contribution >= 4 is 16.9 Å². The van der Waals surface area contributed by atoms with Gasteiger partial charge in [-0.25, -0.2) is 4.98 Å². The van der Waals surface area contributed by atoms with Crippen LogP contribution in [0.5, 0.6) is 0 Å². The van der Waals surface area contributed by atoms with Gasteiger partial charge >= 0.3 is 0 Å². The van der Waals surface area contributed by atoms with Crippen molar-refractivity contribution in [2.24, 2.45) is 0 Å². The molecule has 0 saturated carbocycles.